The van der Waals surface area contributed by atoms with E-state index >= 15 is 0 Å². The smallest absolute Gasteiger partial charge is 0.259 e. The molecule has 148 valence electrons. The number of aryl methyl sites for hydroxylation is 1. The highest BCUT2D eigenvalue weighted by Crippen LogP contribution is 2.20. The molecular formula is C20H21N7O2. The average molecular weight is 391 g/mol. The summed E-state index contributed by atoms with van der Waals surface area (Å²) >= 11 is 0. The minimum absolute atomic E-state index is 0.152. The van der Waals surface area contributed by atoms with Gasteiger partial charge in [0.05, 0.1) is 17.4 Å². The maximum Gasteiger partial charge on any atom is 0.259 e. The fourth-order valence-electron chi connectivity index (χ4n) is 3.20. The van der Waals surface area contributed by atoms with Crippen LogP contribution in [0.3, 0.4) is 0 Å². The molecule has 2 N–H and O–H groups in total. The molecule has 1 amide bonds. The fraction of sp³-hybridized carbons (Fsp3) is 0.300. The summed E-state index contributed by atoms with van der Waals surface area (Å²) in [4.78, 5) is 36.0. The topological polar surface area (TPSA) is 117 Å². The minimum atomic E-state index is -0.339. The quantitative estimate of drug-likeness (QED) is 0.692. The molecule has 1 aliphatic rings. The van der Waals surface area contributed by atoms with Crippen LogP contribution in [0, 0.1) is 6.92 Å². The van der Waals surface area contributed by atoms with E-state index in [0.29, 0.717) is 22.8 Å². The molecule has 1 saturated heterocycles. The number of aromatic nitrogens is 5. The summed E-state index contributed by atoms with van der Waals surface area (Å²) in [7, 11) is 0. The summed E-state index contributed by atoms with van der Waals surface area (Å²) in [6.45, 7) is 3.30. The number of nitrogens with zero attached hydrogens (tertiary/aromatic N) is 6. The van der Waals surface area contributed by atoms with Crippen molar-refractivity contribution >= 4 is 17.7 Å². The third-order valence-electron chi connectivity index (χ3n) is 4.80. The molecule has 1 fully saturated rings. The zero-order valence-corrected chi connectivity index (χ0v) is 16.0. The highest BCUT2D eigenvalue weighted by molar-refractivity contribution is 6.04. The van der Waals surface area contributed by atoms with E-state index in [4.69, 9.17) is 0 Å². The van der Waals surface area contributed by atoms with Crippen LogP contribution >= 0.6 is 0 Å². The number of nitrogens with one attached hydrogen (secondary N) is 1. The van der Waals surface area contributed by atoms with Crippen LogP contribution in [0.15, 0.2) is 42.9 Å². The average Bonchev–Trinajstić information content (AvgIpc) is 2.75. The number of hydrogen-bond acceptors (Lipinski definition) is 8. The molecule has 3 aromatic heterocycles. The Kier molecular flexibility index (Phi) is 5.39. The van der Waals surface area contributed by atoms with Crippen LogP contribution in [0.2, 0.25) is 0 Å². The Bertz CT molecular complexity index is 1000. The largest absolute Gasteiger partial charge is 0.393 e. The number of carbonyl (C=O) groups is 1. The van der Waals surface area contributed by atoms with Crippen molar-refractivity contribution in [2.45, 2.75) is 25.9 Å². The fourth-order valence-corrected chi connectivity index (χ4v) is 3.20. The van der Waals surface area contributed by atoms with E-state index in [9.17, 15) is 9.90 Å². The molecule has 3 aromatic rings. The molecule has 0 saturated carbocycles. The standard InChI is InChI=1S/C20H21N7O2/c1-13-15(5-6-17(24-13)27-10-7-14(28)8-11-27)19(29)26-20-23-12-22-18(25-20)16-4-2-3-9-21-16/h2-6,9,12,14,28H,7-8,10-11H2,1H3,(H,22,23,25,26,29). The first-order valence-electron chi connectivity index (χ1n) is 9.42. The molecule has 0 bridgehead atoms. The number of piperidine rings is 1. The summed E-state index contributed by atoms with van der Waals surface area (Å²) in [5.41, 5.74) is 1.66. The second kappa shape index (κ2) is 8.27. The van der Waals surface area contributed by atoms with Crippen molar-refractivity contribution in [3.05, 3.63) is 54.1 Å². The van der Waals surface area contributed by atoms with Crippen LogP contribution in [-0.4, -0.2) is 55.1 Å². The van der Waals surface area contributed by atoms with Crippen LogP contribution < -0.4 is 10.2 Å². The van der Waals surface area contributed by atoms with E-state index in [2.05, 4.69) is 35.1 Å². The normalized spacial score (nSPS) is 14.6. The van der Waals surface area contributed by atoms with Gasteiger partial charge in [0, 0.05) is 19.3 Å². The van der Waals surface area contributed by atoms with E-state index < -0.39 is 0 Å². The molecule has 0 aromatic carbocycles. The lowest BCUT2D eigenvalue weighted by Gasteiger charge is -2.30. The molecule has 1 aliphatic heterocycles. The van der Waals surface area contributed by atoms with Gasteiger partial charge >= 0.3 is 0 Å². The van der Waals surface area contributed by atoms with Crippen molar-refractivity contribution in [2.24, 2.45) is 0 Å². The molecule has 0 unspecified atom stereocenters. The maximum absolute atomic E-state index is 12.7. The molecule has 4 rings (SSSR count). The van der Waals surface area contributed by atoms with Gasteiger partial charge in [-0.1, -0.05) is 6.07 Å². The zero-order valence-electron chi connectivity index (χ0n) is 16.0. The number of carbonyl (C=O) groups excluding carboxylic acids is 1. The highest BCUT2D eigenvalue weighted by atomic mass is 16.3. The van der Waals surface area contributed by atoms with Crippen LogP contribution in [0.4, 0.5) is 11.8 Å². The van der Waals surface area contributed by atoms with Gasteiger partial charge in [0.1, 0.15) is 17.8 Å². The van der Waals surface area contributed by atoms with Crippen LogP contribution in [-0.2, 0) is 0 Å². The summed E-state index contributed by atoms with van der Waals surface area (Å²) in [5.74, 6) is 1.00. The van der Waals surface area contributed by atoms with Crippen molar-refractivity contribution in [2.75, 3.05) is 23.3 Å². The van der Waals surface area contributed by atoms with Gasteiger partial charge in [-0.2, -0.15) is 4.98 Å². The number of amides is 1. The Morgan fingerprint density at radius 2 is 1.93 bits per heavy atom. The Morgan fingerprint density at radius 1 is 1.10 bits per heavy atom. The number of anilines is 2. The first-order valence-corrected chi connectivity index (χ1v) is 9.42. The Hall–Kier alpha value is -3.46. The molecule has 9 heteroatoms. The third-order valence-corrected chi connectivity index (χ3v) is 4.80. The van der Waals surface area contributed by atoms with Gasteiger partial charge < -0.3 is 10.0 Å². The molecule has 29 heavy (non-hydrogen) atoms. The molecule has 4 heterocycles. The predicted molar refractivity (Wildman–Crippen MR) is 107 cm³/mol. The van der Waals surface area contributed by atoms with Gasteiger partial charge in [-0.3, -0.25) is 15.1 Å². The van der Waals surface area contributed by atoms with Crippen molar-refractivity contribution in [3.63, 3.8) is 0 Å². The number of hydrogen-bond donors (Lipinski definition) is 2. The van der Waals surface area contributed by atoms with Gasteiger partial charge in [0.15, 0.2) is 5.82 Å². The number of rotatable bonds is 4. The van der Waals surface area contributed by atoms with Crippen molar-refractivity contribution < 1.29 is 9.90 Å². The monoisotopic (exact) mass is 391 g/mol. The maximum atomic E-state index is 12.7. The van der Waals surface area contributed by atoms with Crippen molar-refractivity contribution in [1.82, 2.24) is 24.9 Å². The molecular weight excluding hydrogens is 370 g/mol. The summed E-state index contributed by atoms with van der Waals surface area (Å²) in [6.07, 6.45) is 4.19. The first-order chi connectivity index (χ1) is 14.1. The van der Waals surface area contributed by atoms with E-state index in [1.54, 1.807) is 31.3 Å². The molecule has 0 radical (unpaired) electrons. The second-order valence-corrected chi connectivity index (χ2v) is 6.82. The first kappa shape index (κ1) is 18.9. The number of pyridine rings is 2. The van der Waals surface area contributed by atoms with Crippen molar-refractivity contribution in [1.29, 1.82) is 0 Å². The summed E-state index contributed by atoms with van der Waals surface area (Å²) < 4.78 is 0. The van der Waals surface area contributed by atoms with Gasteiger partial charge in [0.25, 0.3) is 5.91 Å². The van der Waals surface area contributed by atoms with Gasteiger partial charge in [0.2, 0.25) is 5.95 Å². The molecule has 9 nitrogen and oxygen atoms in total. The summed E-state index contributed by atoms with van der Waals surface area (Å²) in [6, 6.07) is 9.00. The van der Waals surface area contributed by atoms with Crippen molar-refractivity contribution in [3.8, 4) is 11.5 Å². The predicted octanol–water partition coefficient (Wildman–Crippen LogP) is 1.85. The Labute approximate surface area is 167 Å². The minimum Gasteiger partial charge on any atom is -0.393 e. The van der Waals surface area contributed by atoms with Gasteiger partial charge in [-0.15, -0.1) is 0 Å². The number of aliphatic hydroxyl groups is 1. The van der Waals surface area contributed by atoms with Crippen LogP contribution in [0.5, 0.6) is 0 Å². The zero-order chi connectivity index (χ0) is 20.2. The number of aliphatic hydroxyl groups excluding tert-OH is 1. The van der Waals surface area contributed by atoms with Gasteiger partial charge in [-0.05, 0) is 44.0 Å². The van der Waals surface area contributed by atoms with Crippen LogP contribution in [0.1, 0.15) is 28.9 Å². The van der Waals surface area contributed by atoms with E-state index in [1.807, 2.05) is 12.1 Å². The molecule has 0 atom stereocenters. The lowest BCUT2D eigenvalue weighted by molar-refractivity contribution is 0.102. The van der Waals surface area contributed by atoms with Crippen LogP contribution in [0.25, 0.3) is 11.5 Å². The van der Waals surface area contributed by atoms with E-state index in [0.717, 1.165) is 31.7 Å². The lowest BCUT2D eigenvalue weighted by Crippen LogP contribution is -2.36. The summed E-state index contributed by atoms with van der Waals surface area (Å²) in [5, 5.41) is 12.4. The highest BCUT2D eigenvalue weighted by Gasteiger charge is 2.20. The second-order valence-electron chi connectivity index (χ2n) is 6.82. The lowest BCUT2D eigenvalue weighted by atomic mass is 10.1. The van der Waals surface area contributed by atoms with Gasteiger partial charge in [-0.25, -0.2) is 15.0 Å². The molecule has 0 spiro atoms. The van der Waals surface area contributed by atoms with E-state index in [1.165, 1.54) is 6.33 Å². The third kappa shape index (κ3) is 4.35. The Balaban J connectivity index is 1.49. The SMILES string of the molecule is Cc1nc(N2CCC(O)CC2)ccc1C(=O)Nc1ncnc(-c2ccccn2)n1. The van der Waals surface area contributed by atoms with E-state index in [-0.39, 0.29) is 18.0 Å². The molecule has 0 aliphatic carbocycles. The Morgan fingerprint density at radius 3 is 2.66 bits per heavy atom.